The topological polar surface area (TPSA) is 40.5 Å². The molecule has 0 radical (unpaired) electrons. The third-order valence-corrected chi connectivity index (χ3v) is 5.53. The summed E-state index contributed by atoms with van der Waals surface area (Å²) in [6.07, 6.45) is 7.59. The van der Waals surface area contributed by atoms with Gasteiger partial charge in [0, 0.05) is 17.5 Å². The summed E-state index contributed by atoms with van der Waals surface area (Å²) in [6.45, 7) is 8.41. The van der Waals surface area contributed by atoms with Crippen LogP contribution in [0.4, 0.5) is 0 Å². The van der Waals surface area contributed by atoms with E-state index >= 15 is 0 Å². The molecule has 0 amide bonds. The van der Waals surface area contributed by atoms with Crippen LogP contribution in [0.1, 0.15) is 56.6 Å². The zero-order chi connectivity index (χ0) is 17.0. The number of phenols is 2. The van der Waals surface area contributed by atoms with Gasteiger partial charge >= 0.3 is 0 Å². The van der Waals surface area contributed by atoms with Crippen molar-refractivity contribution in [1.82, 2.24) is 0 Å². The molecule has 0 saturated heterocycles. The predicted octanol–water partition coefficient (Wildman–Crippen LogP) is 5.87. The van der Waals surface area contributed by atoms with Gasteiger partial charge < -0.3 is 10.2 Å². The summed E-state index contributed by atoms with van der Waals surface area (Å²) in [5, 5.41) is 20.5. The van der Waals surface area contributed by atoms with Crippen molar-refractivity contribution in [2.75, 3.05) is 4.43 Å². The molecule has 0 aliphatic heterocycles. The standard InChI is InChI=1S/C20H27IO2/c1-13(2)17-8-7-14(3)10-18(17)20-15(6-4-5-9-21)11-16(22)12-19(20)23/h10-12,17-18,22-23H,1,4-9H2,2-3H3/t17?,18-/m0/s1. The second kappa shape index (κ2) is 8.22. The quantitative estimate of drug-likeness (QED) is 0.259. The van der Waals surface area contributed by atoms with Gasteiger partial charge in [0.2, 0.25) is 0 Å². The Hall–Kier alpha value is -0.970. The highest BCUT2D eigenvalue weighted by molar-refractivity contribution is 14.1. The molecule has 1 unspecified atom stereocenters. The molecule has 0 aromatic heterocycles. The number of allylic oxidation sites excluding steroid dienone is 3. The molecule has 1 aromatic rings. The Bertz CT molecular complexity index is 604. The van der Waals surface area contributed by atoms with E-state index in [-0.39, 0.29) is 17.4 Å². The molecule has 3 heteroatoms. The fraction of sp³-hybridized carbons (Fsp3) is 0.500. The average Bonchev–Trinajstić information content (AvgIpc) is 2.46. The van der Waals surface area contributed by atoms with Crippen LogP contribution < -0.4 is 0 Å². The Balaban J connectivity index is 2.46. The molecule has 2 nitrogen and oxygen atoms in total. The number of alkyl halides is 1. The van der Waals surface area contributed by atoms with E-state index in [1.165, 1.54) is 17.2 Å². The van der Waals surface area contributed by atoms with E-state index in [0.717, 1.165) is 47.7 Å². The third-order valence-electron chi connectivity index (χ3n) is 4.77. The lowest BCUT2D eigenvalue weighted by molar-refractivity contribution is 0.423. The smallest absolute Gasteiger partial charge is 0.123 e. The highest BCUT2D eigenvalue weighted by Gasteiger charge is 2.29. The van der Waals surface area contributed by atoms with Gasteiger partial charge in [-0.15, -0.1) is 0 Å². The number of phenolic OH excluding ortho intramolecular Hbond substituents is 2. The summed E-state index contributed by atoms with van der Waals surface area (Å²) in [5.74, 6) is 0.893. The van der Waals surface area contributed by atoms with Gasteiger partial charge in [0.1, 0.15) is 11.5 Å². The van der Waals surface area contributed by atoms with Crippen LogP contribution in [-0.4, -0.2) is 14.6 Å². The predicted molar refractivity (Wildman–Crippen MR) is 106 cm³/mol. The normalized spacial score (nSPS) is 21.1. The lowest BCUT2D eigenvalue weighted by atomic mass is 9.72. The average molecular weight is 426 g/mol. The minimum absolute atomic E-state index is 0.152. The highest BCUT2D eigenvalue weighted by Crippen LogP contribution is 2.45. The Morgan fingerprint density at radius 2 is 2.04 bits per heavy atom. The summed E-state index contributed by atoms with van der Waals surface area (Å²) >= 11 is 2.39. The first-order chi connectivity index (χ1) is 10.9. The molecule has 2 rings (SSSR count). The summed E-state index contributed by atoms with van der Waals surface area (Å²) in [7, 11) is 0. The van der Waals surface area contributed by atoms with Gasteiger partial charge in [0.15, 0.2) is 0 Å². The van der Waals surface area contributed by atoms with E-state index < -0.39 is 0 Å². The molecule has 126 valence electrons. The molecule has 1 aliphatic carbocycles. The Labute approximate surface area is 153 Å². The molecule has 0 bridgehead atoms. The van der Waals surface area contributed by atoms with Gasteiger partial charge in [-0.1, -0.05) is 46.4 Å². The van der Waals surface area contributed by atoms with Crippen LogP contribution in [-0.2, 0) is 6.42 Å². The van der Waals surface area contributed by atoms with Crippen LogP contribution >= 0.6 is 22.6 Å². The summed E-state index contributed by atoms with van der Waals surface area (Å²) in [4.78, 5) is 0. The maximum Gasteiger partial charge on any atom is 0.123 e. The van der Waals surface area contributed by atoms with Crippen molar-refractivity contribution in [2.24, 2.45) is 5.92 Å². The van der Waals surface area contributed by atoms with E-state index in [1.54, 1.807) is 0 Å². The van der Waals surface area contributed by atoms with Crippen molar-refractivity contribution in [1.29, 1.82) is 0 Å². The first-order valence-electron chi connectivity index (χ1n) is 8.37. The molecule has 1 aliphatic rings. The van der Waals surface area contributed by atoms with E-state index in [4.69, 9.17) is 0 Å². The first-order valence-corrected chi connectivity index (χ1v) is 9.90. The van der Waals surface area contributed by atoms with Crippen LogP contribution in [0.3, 0.4) is 0 Å². The molecule has 2 N–H and O–H groups in total. The summed E-state index contributed by atoms with van der Waals surface area (Å²) in [5.41, 5.74) is 4.61. The fourth-order valence-electron chi connectivity index (χ4n) is 3.59. The lowest BCUT2D eigenvalue weighted by Crippen LogP contribution is -2.18. The van der Waals surface area contributed by atoms with Crippen LogP contribution in [0.5, 0.6) is 11.5 Å². The largest absolute Gasteiger partial charge is 0.508 e. The number of benzene rings is 1. The number of halogens is 1. The first kappa shape index (κ1) is 18.4. The van der Waals surface area contributed by atoms with Crippen molar-refractivity contribution < 1.29 is 10.2 Å². The van der Waals surface area contributed by atoms with Crippen molar-refractivity contribution in [3.8, 4) is 11.5 Å². The van der Waals surface area contributed by atoms with E-state index in [2.05, 4.69) is 49.1 Å². The van der Waals surface area contributed by atoms with Crippen molar-refractivity contribution in [2.45, 2.75) is 51.9 Å². The number of hydrogen-bond acceptors (Lipinski definition) is 2. The van der Waals surface area contributed by atoms with Crippen molar-refractivity contribution in [3.05, 3.63) is 47.1 Å². The van der Waals surface area contributed by atoms with Gasteiger partial charge in [-0.2, -0.15) is 0 Å². The van der Waals surface area contributed by atoms with E-state index in [9.17, 15) is 10.2 Å². The molecular formula is C20H27IO2. The second-order valence-corrected chi connectivity index (χ2v) is 7.79. The Kier molecular flexibility index (Phi) is 6.57. The summed E-state index contributed by atoms with van der Waals surface area (Å²) < 4.78 is 1.13. The minimum Gasteiger partial charge on any atom is -0.508 e. The molecule has 0 fully saturated rings. The number of aromatic hydroxyl groups is 2. The van der Waals surface area contributed by atoms with Crippen LogP contribution in [0.25, 0.3) is 0 Å². The fourth-order valence-corrected chi connectivity index (χ4v) is 4.13. The zero-order valence-electron chi connectivity index (χ0n) is 14.1. The lowest BCUT2D eigenvalue weighted by Gasteiger charge is -2.32. The van der Waals surface area contributed by atoms with Crippen molar-refractivity contribution in [3.63, 3.8) is 0 Å². The van der Waals surface area contributed by atoms with Gasteiger partial charge in [-0.05, 0) is 67.9 Å². The van der Waals surface area contributed by atoms with Crippen LogP contribution in [0.2, 0.25) is 0 Å². The molecule has 0 saturated carbocycles. The monoisotopic (exact) mass is 426 g/mol. The minimum atomic E-state index is 0.152. The molecule has 1 aromatic carbocycles. The third kappa shape index (κ3) is 4.52. The number of rotatable bonds is 6. The Morgan fingerprint density at radius 1 is 1.30 bits per heavy atom. The number of aryl methyl sites for hydroxylation is 1. The maximum absolute atomic E-state index is 10.5. The van der Waals surface area contributed by atoms with E-state index in [1.807, 2.05) is 6.07 Å². The maximum atomic E-state index is 10.5. The Morgan fingerprint density at radius 3 is 2.70 bits per heavy atom. The molecule has 0 spiro atoms. The van der Waals surface area contributed by atoms with Crippen molar-refractivity contribution >= 4 is 22.6 Å². The molecule has 23 heavy (non-hydrogen) atoms. The zero-order valence-corrected chi connectivity index (χ0v) is 16.3. The second-order valence-electron chi connectivity index (χ2n) is 6.71. The van der Waals surface area contributed by atoms with Crippen LogP contribution in [0.15, 0.2) is 35.9 Å². The van der Waals surface area contributed by atoms with Gasteiger partial charge in [0.05, 0.1) is 0 Å². The van der Waals surface area contributed by atoms with Crippen LogP contribution in [0, 0.1) is 5.92 Å². The van der Waals surface area contributed by atoms with Gasteiger partial charge in [-0.3, -0.25) is 0 Å². The SMILES string of the molecule is C=C(C)C1CCC(C)=C[C@@H]1c1c(O)cc(O)cc1CCCCI. The summed E-state index contributed by atoms with van der Waals surface area (Å²) in [6, 6.07) is 3.31. The molecule has 0 heterocycles. The van der Waals surface area contributed by atoms with Gasteiger partial charge in [0.25, 0.3) is 0 Å². The molecular weight excluding hydrogens is 399 g/mol. The number of hydrogen-bond donors (Lipinski definition) is 2. The van der Waals surface area contributed by atoms with E-state index in [0.29, 0.717) is 5.92 Å². The number of unbranched alkanes of at least 4 members (excludes halogenated alkanes) is 1. The highest BCUT2D eigenvalue weighted by atomic mass is 127. The molecule has 2 atom stereocenters. The van der Waals surface area contributed by atoms with Gasteiger partial charge in [-0.25, -0.2) is 0 Å².